The zero-order valence-electron chi connectivity index (χ0n) is 9.47. The van der Waals surface area contributed by atoms with E-state index >= 15 is 0 Å². The Morgan fingerprint density at radius 1 is 1.00 bits per heavy atom. The van der Waals surface area contributed by atoms with E-state index in [0.717, 1.165) is 22.0 Å². The van der Waals surface area contributed by atoms with E-state index in [1.165, 1.54) is 6.33 Å². The van der Waals surface area contributed by atoms with Crippen molar-refractivity contribution in [2.75, 3.05) is 5.73 Å². The van der Waals surface area contributed by atoms with Crippen LogP contribution < -0.4 is 5.73 Å². The number of hydrogen-bond acceptors (Lipinski definition) is 3. The summed E-state index contributed by atoms with van der Waals surface area (Å²) in [6, 6.07) is 13.5. The van der Waals surface area contributed by atoms with Gasteiger partial charge in [0.1, 0.15) is 12.1 Å². The normalized spacial score (nSPS) is 10.7. The van der Waals surface area contributed by atoms with Crippen LogP contribution in [-0.4, -0.2) is 9.97 Å². The summed E-state index contributed by atoms with van der Waals surface area (Å²) in [5, 5.41) is 1.56. The molecule has 0 radical (unpaired) electrons. The van der Waals surface area contributed by atoms with Crippen molar-refractivity contribution in [3.8, 4) is 11.1 Å². The predicted octanol–water partition coefficient (Wildman–Crippen LogP) is 3.53. The minimum absolute atomic E-state index is 0.482. The highest BCUT2D eigenvalue weighted by Gasteiger charge is 2.08. The molecule has 1 aromatic heterocycles. The summed E-state index contributed by atoms with van der Waals surface area (Å²) in [6.45, 7) is 0. The summed E-state index contributed by atoms with van der Waals surface area (Å²) < 4.78 is 0. The van der Waals surface area contributed by atoms with Crippen molar-refractivity contribution >= 4 is 28.3 Å². The van der Waals surface area contributed by atoms with Crippen molar-refractivity contribution < 1.29 is 0 Å². The van der Waals surface area contributed by atoms with Gasteiger partial charge in [0.15, 0.2) is 0 Å². The molecule has 0 bridgehead atoms. The number of rotatable bonds is 1. The van der Waals surface area contributed by atoms with Crippen LogP contribution in [0.4, 0.5) is 5.82 Å². The number of halogens is 1. The van der Waals surface area contributed by atoms with Crippen molar-refractivity contribution in [3.63, 3.8) is 0 Å². The fourth-order valence-electron chi connectivity index (χ4n) is 2.03. The molecule has 0 aliphatic carbocycles. The topological polar surface area (TPSA) is 51.8 Å². The lowest BCUT2D eigenvalue weighted by Gasteiger charge is -2.08. The van der Waals surface area contributed by atoms with E-state index in [2.05, 4.69) is 9.97 Å². The van der Waals surface area contributed by atoms with E-state index < -0.39 is 0 Å². The first-order valence-electron chi connectivity index (χ1n) is 5.51. The molecule has 3 aromatic rings. The summed E-state index contributed by atoms with van der Waals surface area (Å²) in [4.78, 5) is 8.28. The summed E-state index contributed by atoms with van der Waals surface area (Å²) in [5.41, 5.74) is 8.78. The van der Waals surface area contributed by atoms with Crippen LogP contribution in [0.2, 0.25) is 5.02 Å². The van der Waals surface area contributed by atoms with Crippen LogP contribution in [-0.2, 0) is 0 Å². The largest absolute Gasteiger partial charge is 0.383 e. The van der Waals surface area contributed by atoms with Crippen LogP contribution in [0, 0.1) is 0 Å². The summed E-state index contributed by atoms with van der Waals surface area (Å²) >= 11 is 6.02. The number of anilines is 1. The lowest BCUT2D eigenvalue weighted by Crippen LogP contribution is -1.95. The summed E-state index contributed by atoms with van der Waals surface area (Å²) in [6.07, 6.45) is 1.47. The minimum Gasteiger partial charge on any atom is -0.383 e. The smallest absolute Gasteiger partial charge is 0.135 e. The van der Waals surface area contributed by atoms with E-state index in [4.69, 9.17) is 17.3 Å². The predicted molar refractivity (Wildman–Crippen MR) is 74.4 cm³/mol. The monoisotopic (exact) mass is 255 g/mol. The SMILES string of the molecule is Nc1ncnc2cccc(-c3cccc(Cl)c3)c12. The number of nitrogens with two attached hydrogens (primary N) is 1. The molecule has 0 fully saturated rings. The maximum absolute atomic E-state index is 6.02. The van der Waals surface area contributed by atoms with Crippen molar-refractivity contribution in [2.24, 2.45) is 0 Å². The Labute approximate surface area is 109 Å². The minimum atomic E-state index is 0.482. The highest BCUT2D eigenvalue weighted by molar-refractivity contribution is 6.30. The van der Waals surface area contributed by atoms with E-state index in [-0.39, 0.29) is 0 Å². The van der Waals surface area contributed by atoms with Gasteiger partial charge in [-0.15, -0.1) is 0 Å². The van der Waals surface area contributed by atoms with Crippen LogP contribution in [0.1, 0.15) is 0 Å². The average molecular weight is 256 g/mol. The van der Waals surface area contributed by atoms with Crippen molar-refractivity contribution in [3.05, 3.63) is 53.8 Å². The Balaban J connectivity index is 2.36. The number of nitrogens with zero attached hydrogens (tertiary/aromatic N) is 2. The lowest BCUT2D eigenvalue weighted by molar-refractivity contribution is 1.23. The molecule has 2 N–H and O–H groups in total. The Morgan fingerprint density at radius 2 is 1.83 bits per heavy atom. The fraction of sp³-hybridized carbons (Fsp3) is 0. The molecule has 2 aromatic carbocycles. The Bertz CT molecular complexity index is 720. The number of nitrogen functional groups attached to an aromatic ring is 1. The molecule has 4 heteroatoms. The number of hydrogen-bond donors (Lipinski definition) is 1. The van der Waals surface area contributed by atoms with Gasteiger partial charge in [-0.3, -0.25) is 0 Å². The van der Waals surface area contributed by atoms with Crippen LogP contribution in [0.15, 0.2) is 48.8 Å². The molecule has 0 spiro atoms. The van der Waals surface area contributed by atoms with Crippen LogP contribution in [0.5, 0.6) is 0 Å². The average Bonchev–Trinajstić information content (AvgIpc) is 2.38. The zero-order chi connectivity index (χ0) is 12.5. The molecule has 88 valence electrons. The molecule has 0 saturated heterocycles. The van der Waals surface area contributed by atoms with E-state index in [1.54, 1.807) is 0 Å². The number of benzene rings is 2. The Morgan fingerprint density at radius 3 is 2.67 bits per heavy atom. The van der Waals surface area contributed by atoms with Crippen LogP contribution in [0.3, 0.4) is 0 Å². The van der Waals surface area contributed by atoms with Crippen LogP contribution in [0.25, 0.3) is 22.0 Å². The summed E-state index contributed by atoms with van der Waals surface area (Å²) in [7, 11) is 0. The van der Waals surface area contributed by atoms with Crippen molar-refractivity contribution in [1.82, 2.24) is 9.97 Å². The van der Waals surface area contributed by atoms with Gasteiger partial charge in [0.05, 0.1) is 10.9 Å². The third-order valence-corrected chi connectivity index (χ3v) is 3.06. The third kappa shape index (κ3) is 1.79. The first-order chi connectivity index (χ1) is 8.75. The van der Waals surface area contributed by atoms with Crippen molar-refractivity contribution in [1.29, 1.82) is 0 Å². The molecule has 1 heterocycles. The van der Waals surface area contributed by atoms with Gasteiger partial charge in [-0.05, 0) is 29.3 Å². The van der Waals surface area contributed by atoms with Gasteiger partial charge < -0.3 is 5.73 Å². The second-order valence-electron chi connectivity index (χ2n) is 3.97. The highest BCUT2D eigenvalue weighted by atomic mass is 35.5. The molecule has 0 aliphatic heterocycles. The molecule has 0 aliphatic rings. The number of fused-ring (bicyclic) bond motifs is 1. The lowest BCUT2D eigenvalue weighted by atomic mass is 10.0. The molecular weight excluding hydrogens is 246 g/mol. The first-order valence-corrected chi connectivity index (χ1v) is 5.88. The van der Waals surface area contributed by atoms with Gasteiger partial charge in [0, 0.05) is 5.02 Å². The van der Waals surface area contributed by atoms with E-state index in [9.17, 15) is 0 Å². The molecule has 3 nitrogen and oxygen atoms in total. The zero-order valence-corrected chi connectivity index (χ0v) is 10.2. The molecular formula is C14H10ClN3. The molecule has 18 heavy (non-hydrogen) atoms. The molecule has 0 unspecified atom stereocenters. The van der Waals surface area contributed by atoms with E-state index in [1.807, 2.05) is 42.5 Å². The van der Waals surface area contributed by atoms with Gasteiger partial charge in [-0.1, -0.05) is 35.9 Å². The molecule has 3 rings (SSSR count). The van der Waals surface area contributed by atoms with E-state index in [0.29, 0.717) is 10.8 Å². The second kappa shape index (κ2) is 4.27. The van der Waals surface area contributed by atoms with Gasteiger partial charge in [0.2, 0.25) is 0 Å². The molecule has 0 atom stereocenters. The highest BCUT2D eigenvalue weighted by Crippen LogP contribution is 2.31. The standard InChI is InChI=1S/C14H10ClN3/c15-10-4-1-3-9(7-10)11-5-2-6-12-13(11)14(16)18-8-17-12/h1-8H,(H2,16,17,18). The van der Waals surface area contributed by atoms with Gasteiger partial charge >= 0.3 is 0 Å². The summed E-state index contributed by atoms with van der Waals surface area (Å²) in [5.74, 6) is 0.482. The first kappa shape index (κ1) is 11.0. The molecule has 0 saturated carbocycles. The maximum atomic E-state index is 6.02. The van der Waals surface area contributed by atoms with Gasteiger partial charge in [-0.2, -0.15) is 0 Å². The Kier molecular flexibility index (Phi) is 2.61. The van der Waals surface area contributed by atoms with Gasteiger partial charge in [-0.25, -0.2) is 9.97 Å². The Hall–Kier alpha value is -2.13. The quantitative estimate of drug-likeness (QED) is 0.724. The third-order valence-electron chi connectivity index (χ3n) is 2.83. The fourth-order valence-corrected chi connectivity index (χ4v) is 2.22. The second-order valence-corrected chi connectivity index (χ2v) is 4.41. The maximum Gasteiger partial charge on any atom is 0.135 e. The van der Waals surface area contributed by atoms with Crippen molar-refractivity contribution in [2.45, 2.75) is 0 Å². The molecule has 0 amide bonds. The van der Waals surface area contributed by atoms with Crippen LogP contribution >= 0.6 is 11.6 Å². The van der Waals surface area contributed by atoms with Gasteiger partial charge in [0.25, 0.3) is 0 Å². The number of aromatic nitrogens is 2.